The van der Waals surface area contributed by atoms with Gasteiger partial charge in [-0.05, 0) is 48.9 Å². The number of amides is 3. The Morgan fingerprint density at radius 2 is 1.56 bits per heavy atom. The largest absolute Gasteiger partial charge is 0.495 e. The van der Waals surface area contributed by atoms with Crippen LogP contribution in [0, 0.1) is 0 Å². The molecule has 1 aliphatic heterocycles. The fourth-order valence-electron chi connectivity index (χ4n) is 3.64. The number of fused-ring (bicyclic) bond motifs is 1. The highest BCUT2D eigenvalue weighted by Gasteiger charge is 2.35. The third kappa shape index (κ3) is 3.92. The second kappa shape index (κ2) is 8.93. The first-order chi connectivity index (χ1) is 15.5. The molecule has 0 saturated carbocycles. The van der Waals surface area contributed by atoms with E-state index in [-0.39, 0.29) is 24.3 Å². The lowest BCUT2D eigenvalue weighted by atomic mass is 10.1. The van der Waals surface area contributed by atoms with Crippen LogP contribution in [0.5, 0.6) is 11.5 Å². The number of rotatable bonds is 7. The van der Waals surface area contributed by atoms with Gasteiger partial charge in [-0.2, -0.15) is 0 Å². The first-order valence-electron chi connectivity index (χ1n) is 10.2. The van der Waals surface area contributed by atoms with Gasteiger partial charge in [0.2, 0.25) is 0 Å². The van der Waals surface area contributed by atoms with Crippen molar-refractivity contribution < 1.29 is 23.9 Å². The van der Waals surface area contributed by atoms with Gasteiger partial charge in [0.25, 0.3) is 17.7 Å². The van der Waals surface area contributed by atoms with Crippen molar-refractivity contribution in [2.45, 2.75) is 13.5 Å². The number of methoxy groups -OCH3 is 1. The summed E-state index contributed by atoms with van der Waals surface area (Å²) in [5.41, 5.74) is 2.23. The first-order valence-corrected chi connectivity index (χ1v) is 10.2. The standard InChI is InChI=1S/C25H22N2O5/c1-3-32-21-13-12-16(15-27-24(29)17-8-4-5-9-18(17)25(27)30)14-19(21)23(28)26-20-10-6-7-11-22(20)31-2/h4-14H,3,15H2,1-2H3,(H,26,28). The van der Waals surface area contributed by atoms with Crippen molar-refractivity contribution in [3.63, 3.8) is 0 Å². The number of benzene rings is 3. The normalized spacial score (nSPS) is 12.5. The molecule has 0 radical (unpaired) electrons. The van der Waals surface area contributed by atoms with Gasteiger partial charge < -0.3 is 14.8 Å². The molecule has 0 bridgehead atoms. The average Bonchev–Trinajstić information content (AvgIpc) is 3.05. The van der Waals surface area contributed by atoms with E-state index in [1.807, 2.05) is 13.0 Å². The summed E-state index contributed by atoms with van der Waals surface area (Å²) in [6, 6.07) is 18.9. The quantitative estimate of drug-likeness (QED) is 0.570. The molecule has 1 aliphatic rings. The van der Waals surface area contributed by atoms with Crippen molar-refractivity contribution in [3.8, 4) is 11.5 Å². The Bertz CT molecular complexity index is 1170. The van der Waals surface area contributed by atoms with E-state index in [0.717, 1.165) is 0 Å². The minimum Gasteiger partial charge on any atom is -0.495 e. The molecule has 0 unspecified atom stereocenters. The molecule has 162 valence electrons. The van der Waals surface area contributed by atoms with E-state index in [4.69, 9.17) is 9.47 Å². The zero-order valence-corrected chi connectivity index (χ0v) is 17.8. The van der Waals surface area contributed by atoms with E-state index in [1.165, 1.54) is 12.0 Å². The summed E-state index contributed by atoms with van der Waals surface area (Å²) >= 11 is 0. The van der Waals surface area contributed by atoms with Gasteiger partial charge in [-0.15, -0.1) is 0 Å². The molecule has 0 spiro atoms. The fraction of sp³-hybridized carbons (Fsp3) is 0.160. The van der Waals surface area contributed by atoms with Crippen LogP contribution in [0.2, 0.25) is 0 Å². The second-order valence-corrected chi connectivity index (χ2v) is 7.16. The van der Waals surface area contributed by atoms with Gasteiger partial charge >= 0.3 is 0 Å². The molecule has 4 rings (SSSR count). The minimum absolute atomic E-state index is 0.0493. The molecule has 0 aliphatic carbocycles. The third-order valence-corrected chi connectivity index (χ3v) is 5.16. The molecule has 3 amide bonds. The number of carbonyl (C=O) groups excluding carboxylic acids is 3. The number of ether oxygens (including phenoxy) is 2. The zero-order chi connectivity index (χ0) is 22.7. The van der Waals surface area contributed by atoms with Crippen LogP contribution in [-0.4, -0.2) is 36.3 Å². The van der Waals surface area contributed by atoms with Crippen LogP contribution in [0.15, 0.2) is 66.7 Å². The lowest BCUT2D eigenvalue weighted by molar-refractivity contribution is 0.0642. The van der Waals surface area contributed by atoms with Crippen LogP contribution in [0.4, 0.5) is 5.69 Å². The summed E-state index contributed by atoms with van der Waals surface area (Å²) in [7, 11) is 1.53. The van der Waals surface area contributed by atoms with Crippen LogP contribution < -0.4 is 14.8 Å². The molecule has 0 fully saturated rings. The Hall–Kier alpha value is -4.13. The van der Waals surface area contributed by atoms with Gasteiger partial charge in [0.15, 0.2) is 0 Å². The van der Waals surface area contributed by atoms with Crippen LogP contribution in [0.1, 0.15) is 43.6 Å². The molecule has 3 aromatic rings. The average molecular weight is 430 g/mol. The molecule has 0 saturated heterocycles. The molecular weight excluding hydrogens is 408 g/mol. The topological polar surface area (TPSA) is 84.9 Å². The van der Waals surface area contributed by atoms with Crippen molar-refractivity contribution in [2.24, 2.45) is 0 Å². The lowest BCUT2D eigenvalue weighted by Crippen LogP contribution is -2.29. The summed E-state index contributed by atoms with van der Waals surface area (Å²) in [5, 5.41) is 2.84. The summed E-state index contributed by atoms with van der Waals surface area (Å²) < 4.78 is 10.9. The van der Waals surface area contributed by atoms with Crippen LogP contribution in [0.3, 0.4) is 0 Å². The van der Waals surface area contributed by atoms with Gasteiger partial charge in [-0.3, -0.25) is 19.3 Å². The second-order valence-electron chi connectivity index (χ2n) is 7.16. The highest BCUT2D eigenvalue weighted by Crippen LogP contribution is 2.28. The highest BCUT2D eigenvalue weighted by molar-refractivity contribution is 6.21. The molecule has 32 heavy (non-hydrogen) atoms. The Kier molecular flexibility index (Phi) is 5.89. The van der Waals surface area contributed by atoms with Gasteiger partial charge in [0.05, 0.1) is 42.6 Å². The summed E-state index contributed by atoms with van der Waals surface area (Å²) in [6.45, 7) is 2.26. The van der Waals surface area contributed by atoms with Gasteiger partial charge in [0, 0.05) is 0 Å². The number of anilines is 1. The van der Waals surface area contributed by atoms with Gasteiger partial charge in [-0.1, -0.05) is 30.3 Å². The summed E-state index contributed by atoms with van der Waals surface area (Å²) in [4.78, 5) is 39.7. The molecular formula is C25H22N2O5. The Morgan fingerprint density at radius 3 is 2.22 bits per heavy atom. The van der Waals surface area contributed by atoms with Crippen LogP contribution in [-0.2, 0) is 6.54 Å². The lowest BCUT2D eigenvalue weighted by Gasteiger charge is -2.17. The van der Waals surface area contributed by atoms with Crippen molar-refractivity contribution in [1.82, 2.24) is 4.90 Å². The SMILES string of the molecule is CCOc1ccc(CN2C(=O)c3ccccc3C2=O)cc1C(=O)Nc1ccccc1OC. The number of carbonyl (C=O) groups is 3. The zero-order valence-electron chi connectivity index (χ0n) is 17.8. The number of hydrogen-bond acceptors (Lipinski definition) is 5. The smallest absolute Gasteiger partial charge is 0.261 e. The van der Waals surface area contributed by atoms with Crippen molar-refractivity contribution in [1.29, 1.82) is 0 Å². The Labute approximate surface area is 185 Å². The minimum atomic E-state index is -0.387. The molecule has 1 N–H and O–H groups in total. The third-order valence-electron chi connectivity index (χ3n) is 5.16. The molecule has 3 aromatic carbocycles. The highest BCUT2D eigenvalue weighted by atomic mass is 16.5. The number of hydrogen-bond donors (Lipinski definition) is 1. The van der Waals surface area contributed by atoms with E-state index in [2.05, 4.69) is 5.32 Å². The fourth-order valence-corrected chi connectivity index (χ4v) is 3.64. The Morgan fingerprint density at radius 1 is 0.906 bits per heavy atom. The number of nitrogens with zero attached hydrogens (tertiary/aromatic N) is 1. The monoisotopic (exact) mass is 430 g/mol. The van der Waals surface area contributed by atoms with Gasteiger partial charge in [-0.25, -0.2) is 0 Å². The van der Waals surface area contributed by atoms with Crippen LogP contribution in [0.25, 0.3) is 0 Å². The maximum atomic E-state index is 13.1. The van der Waals surface area contributed by atoms with E-state index in [9.17, 15) is 14.4 Å². The molecule has 7 nitrogen and oxygen atoms in total. The first kappa shape index (κ1) is 21.1. The van der Waals surface area contributed by atoms with Crippen molar-refractivity contribution >= 4 is 23.4 Å². The van der Waals surface area contributed by atoms with E-state index in [0.29, 0.717) is 46.0 Å². The molecule has 1 heterocycles. The maximum absolute atomic E-state index is 13.1. The number of para-hydroxylation sites is 2. The van der Waals surface area contributed by atoms with Crippen molar-refractivity contribution in [2.75, 3.05) is 19.0 Å². The van der Waals surface area contributed by atoms with E-state index in [1.54, 1.807) is 60.7 Å². The number of nitrogens with one attached hydrogen (secondary N) is 1. The van der Waals surface area contributed by atoms with Crippen molar-refractivity contribution in [3.05, 3.63) is 89.0 Å². The Balaban J connectivity index is 1.62. The predicted octanol–water partition coefficient (Wildman–Crippen LogP) is 4.14. The maximum Gasteiger partial charge on any atom is 0.261 e. The predicted molar refractivity (Wildman–Crippen MR) is 119 cm³/mol. The van der Waals surface area contributed by atoms with E-state index >= 15 is 0 Å². The summed E-state index contributed by atoms with van der Waals surface area (Å²) in [6.07, 6.45) is 0. The molecule has 0 atom stereocenters. The van der Waals surface area contributed by atoms with E-state index < -0.39 is 0 Å². The van der Waals surface area contributed by atoms with Crippen LogP contribution >= 0.6 is 0 Å². The molecule has 7 heteroatoms. The number of imide groups is 1. The molecule has 0 aromatic heterocycles. The van der Waals surface area contributed by atoms with Gasteiger partial charge in [0.1, 0.15) is 11.5 Å². The summed E-state index contributed by atoms with van der Waals surface area (Å²) in [5.74, 6) is -0.145.